The van der Waals surface area contributed by atoms with Gasteiger partial charge in [0.2, 0.25) is 5.95 Å². The molecule has 5 rings (SSSR count). The van der Waals surface area contributed by atoms with Crippen molar-refractivity contribution in [3.63, 3.8) is 0 Å². The molecule has 0 bridgehead atoms. The zero-order valence-corrected chi connectivity index (χ0v) is 22.1. The Kier molecular flexibility index (Phi) is 6.99. The lowest BCUT2D eigenvalue weighted by molar-refractivity contribution is 0.101. The molecule has 0 amide bonds. The Labute approximate surface area is 218 Å². The van der Waals surface area contributed by atoms with Crippen molar-refractivity contribution < 1.29 is 4.74 Å². The van der Waals surface area contributed by atoms with Gasteiger partial charge in [-0.1, -0.05) is 6.92 Å². The number of likely N-dealkylation sites (N-methyl/N-ethyl adjacent to an activating group) is 1. The summed E-state index contributed by atoms with van der Waals surface area (Å²) in [4.78, 5) is 18.9. The van der Waals surface area contributed by atoms with Crippen LogP contribution in [0, 0.1) is 0 Å². The van der Waals surface area contributed by atoms with Crippen LogP contribution in [0.25, 0.3) is 11.1 Å². The lowest BCUT2D eigenvalue weighted by Crippen LogP contribution is -2.45. The van der Waals surface area contributed by atoms with Gasteiger partial charge in [-0.05, 0) is 51.1 Å². The van der Waals surface area contributed by atoms with Crippen LogP contribution in [0.5, 0.6) is 5.75 Å². The molecule has 2 aliphatic rings. The standard InChI is InChI=1S/C28H36N8O/c1-5-35-8-10-36(11-9-35)18-20-12-22(16-30-15-20)33-27-31-17-24-23-7-6-21(32-19(2)14-29)13-25(23)37-28(3,4)26(24)34-27/h6-7,12-17,32H,5,8-11,18,29H2,1-4H3,(H,31,33,34)/b19-14-. The smallest absolute Gasteiger partial charge is 0.227 e. The first kappa shape index (κ1) is 25.0. The number of fused-ring (bicyclic) bond motifs is 3. The molecule has 194 valence electrons. The van der Waals surface area contributed by atoms with E-state index in [1.54, 1.807) is 6.20 Å². The molecule has 9 heteroatoms. The fraction of sp³-hybridized carbons (Fsp3) is 0.393. The summed E-state index contributed by atoms with van der Waals surface area (Å²) in [6.45, 7) is 14.6. The number of nitrogens with one attached hydrogen (secondary N) is 2. The van der Waals surface area contributed by atoms with E-state index in [9.17, 15) is 0 Å². The molecule has 0 atom stereocenters. The average Bonchev–Trinajstić information content (AvgIpc) is 2.89. The molecular formula is C28H36N8O. The predicted octanol–water partition coefficient (Wildman–Crippen LogP) is 4.28. The summed E-state index contributed by atoms with van der Waals surface area (Å²) in [5, 5.41) is 6.62. The summed E-state index contributed by atoms with van der Waals surface area (Å²) in [5.41, 5.74) is 11.6. The topological polar surface area (TPSA) is 104 Å². The quantitative estimate of drug-likeness (QED) is 0.438. The van der Waals surface area contributed by atoms with Gasteiger partial charge < -0.3 is 26.0 Å². The third kappa shape index (κ3) is 5.52. The van der Waals surface area contributed by atoms with E-state index < -0.39 is 5.60 Å². The zero-order valence-electron chi connectivity index (χ0n) is 22.1. The molecule has 4 heterocycles. The Balaban J connectivity index is 1.34. The minimum Gasteiger partial charge on any atom is -0.481 e. The highest BCUT2D eigenvalue weighted by atomic mass is 16.5. The number of piperazine rings is 1. The molecule has 0 aliphatic carbocycles. The first-order valence-electron chi connectivity index (χ1n) is 12.9. The Morgan fingerprint density at radius 3 is 2.59 bits per heavy atom. The van der Waals surface area contributed by atoms with Gasteiger partial charge in [-0.2, -0.15) is 0 Å². The summed E-state index contributed by atoms with van der Waals surface area (Å²) in [5.74, 6) is 1.31. The van der Waals surface area contributed by atoms with Gasteiger partial charge in [0.15, 0.2) is 0 Å². The van der Waals surface area contributed by atoms with Gasteiger partial charge in [0, 0.05) is 79.9 Å². The Hall–Kier alpha value is -3.69. The molecule has 1 aromatic carbocycles. The van der Waals surface area contributed by atoms with Crippen molar-refractivity contribution in [1.29, 1.82) is 0 Å². The van der Waals surface area contributed by atoms with E-state index in [1.165, 1.54) is 5.56 Å². The summed E-state index contributed by atoms with van der Waals surface area (Å²) < 4.78 is 6.40. The second kappa shape index (κ2) is 10.4. The number of hydrogen-bond donors (Lipinski definition) is 3. The van der Waals surface area contributed by atoms with Crippen molar-refractivity contribution in [3.8, 4) is 16.9 Å². The van der Waals surface area contributed by atoms with Crippen molar-refractivity contribution in [2.24, 2.45) is 5.73 Å². The first-order chi connectivity index (χ1) is 17.8. The van der Waals surface area contributed by atoms with Gasteiger partial charge >= 0.3 is 0 Å². The van der Waals surface area contributed by atoms with Gasteiger partial charge in [-0.25, -0.2) is 9.97 Å². The monoisotopic (exact) mass is 500 g/mol. The van der Waals surface area contributed by atoms with Crippen LogP contribution in [-0.2, 0) is 12.1 Å². The number of nitrogens with zero attached hydrogens (tertiary/aromatic N) is 5. The highest BCUT2D eigenvalue weighted by Gasteiger charge is 2.35. The number of benzene rings is 1. The number of aromatic nitrogens is 3. The minimum absolute atomic E-state index is 0.524. The van der Waals surface area contributed by atoms with Crippen LogP contribution in [0.2, 0.25) is 0 Å². The predicted molar refractivity (Wildman–Crippen MR) is 148 cm³/mol. The molecule has 3 aromatic rings. The molecule has 1 fully saturated rings. The van der Waals surface area contributed by atoms with Crippen LogP contribution < -0.4 is 21.1 Å². The molecular weight excluding hydrogens is 464 g/mol. The van der Waals surface area contributed by atoms with Gasteiger partial charge in [0.1, 0.15) is 11.4 Å². The lowest BCUT2D eigenvalue weighted by Gasteiger charge is -2.34. The van der Waals surface area contributed by atoms with E-state index in [1.807, 2.05) is 57.6 Å². The Morgan fingerprint density at radius 2 is 1.84 bits per heavy atom. The normalized spacial score (nSPS) is 17.5. The molecule has 0 saturated carbocycles. The lowest BCUT2D eigenvalue weighted by atomic mass is 9.91. The van der Waals surface area contributed by atoms with E-state index in [0.717, 1.165) is 78.9 Å². The van der Waals surface area contributed by atoms with Crippen molar-refractivity contribution in [1.82, 2.24) is 24.8 Å². The third-order valence-corrected chi connectivity index (χ3v) is 6.96. The molecule has 2 aromatic heterocycles. The zero-order chi connectivity index (χ0) is 26.0. The van der Waals surface area contributed by atoms with E-state index in [-0.39, 0.29) is 0 Å². The van der Waals surface area contributed by atoms with Crippen LogP contribution >= 0.6 is 0 Å². The maximum Gasteiger partial charge on any atom is 0.227 e. The molecule has 37 heavy (non-hydrogen) atoms. The Bertz CT molecular complexity index is 1300. The van der Waals surface area contributed by atoms with Crippen molar-refractivity contribution in [2.45, 2.75) is 39.8 Å². The maximum atomic E-state index is 6.40. The van der Waals surface area contributed by atoms with E-state index in [4.69, 9.17) is 15.5 Å². The number of pyridine rings is 1. The van der Waals surface area contributed by atoms with Crippen LogP contribution in [0.1, 0.15) is 39.0 Å². The highest BCUT2D eigenvalue weighted by Crippen LogP contribution is 2.45. The minimum atomic E-state index is -0.625. The van der Waals surface area contributed by atoms with Gasteiger partial charge in [0.05, 0.1) is 17.6 Å². The van der Waals surface area contributed by atoms with Crippen molar-refractivity contribution in [2.75, 3.05) is 43.4 Å². The van der Waals surface area contributed by atoms with Gasteiger partial charge in [0.25, 0.3) is 0 Å². The largest absolute Gasteiger partial charge is 0.481 e. The number of rotatable bonds is 7. The molecule has 0 spiro atoms. The summed E-state index contributed by atoms with van der Waals surface area (Å²) in [6, 6.07) is 8.15. The Morgan fingerprint density at radius 1 is 1.05 bits per heavy atom. The summed E-state index contributed by atoms with van der Waals surface area (Å²) in [7, 11) is 0. The van der Waals surface area contributed by atoms with Crippen molar-refractivity contribution >= 4 is 17.3 Å². The van der Waals surface area contributed by atoms with Crippen LogP contribution in [0.15, 0.2) is 54.8 Å². The molecule has 4 N–H and O–H groups in total. The first-order valence-corrected chi connectivity index (χ1v) is 12.9. The average molecular weight is 501 g/mol. The number of ether oxygens (including phenoxy) is 1. The van der Waals surface area contributed by atoms with Crippen LogP contribution in [0.4, 0.5) is 17.3 Å². The molecule has 0 unspecified atom stereocenters. The number of anilines is 3. The van der Waals surface area contributed by atoms with Crippen molar-refractivity contribution in [3.05, 3.63) is 66.0 Å². The number of allylic oxidation sites excluding steroid dienone is 1. The summed E-state index contributed by atoms with van der Waals surface area (Å²) in [6.07, 6.45) is 7.16. The van der Waals surface area contributed by atoms with Crippen LogP contribution in [-0.4, -0.2) is 57.5 Å². The second-order valence-corrected chi connectivity index (χ2v) is 10.2. The molecule has 0 radical (unpaired) electrons. The molecule has 9 nitrogen and oxygen atoms in total. The fourth-order valence-corrected chi connectivity index (χ4v) is 4.89. The van der Waals surface area contributed by atoms with E-state index >= 15 is 0 Å². The highest BCUT2D eigenvalue weighted by molar-refractivity contribution is 5.78. The number of hydrogen-bond acceptors (Lipinski definition) is 9. The number of nitrogens with two attached hydrogens (primary N) is 1. The van der Waals surface area contributed by atoms with E-state index in [2.05, 4.69) is 43.4 Å². The summed E-state index contributed by atoms with van der Waals surface area (Å²) >= 11 is 0. The maximum absolute atomic E-state index is 6.40. The molecule has 1 saturated heterocycles. The second-order valence-electron chi connectivity index (χ2n) is 10.2. The molecule has 2 aliphatic heterocycles. The SMILES string of the molecule is CCN1CCN(Cc2cncc(Nc3ncc4c(n3)C(C)(C)Oc3cc(N/C(C)=C\N)ccc3-4)c2)CC1. The van der Waals surface area contributed by atoms with E-state index in [0.29, 0.717) is 5.95 Å². The van der Waals surface area contributed by atoms with Crippen LogP contribution in [0.3, 0.4) is 0 Å². The van der Waals surface area contributed by atoms with Gasteiger partial charge in [-0.15, -0.1) is 0 Å². The fourth-order valence-electron chi connectivity index (χ4n) is 4.89. The third-order valence-electron chi connectivity index (χ3n) is 6.96. The van der Waals surface area contributed by atoms with Gasteiger partial charge in [-0.3, -0.25) is 9.88 Å².